The van der Waals surface area contributed by atoms with Gasteiger partial charge in [-0.2, -0.15) is 0 Å². The zero-order chi connectivity index (χ0) is 13.3. The highest BCUT2D eigenvalue weighted by atomic mass is 16.3. The first kappa shape index (κ1) is 12.9. The van der Waals surface area contributed by atoms with Crippen LogP contribution in [0.4, 0.5) is 5.69 Å². The first-order chi connectivity index (χ1) is 9.18. The van der Waals surface area contributed by atoms with Gasteiger partial charge in [-0.05, 0) is 25.3 Å². The van der Waals surface area contributed by atoms with E-state index in [1.807, 2.05) is 18.2 Å². The number of anilines is 1. The molecule has 1 saturated carbocycles. The molecule has 1 aliphatic carbocycles. The molecule has 1 aromatic rings. The number of benzene rings is 1. The van der Waals surface area contributed by atoms with Crippen LogP contribution < -0.4 is 4.90 Å². The van der Waals surface area contributed by atoms with Gasteiger partial charge < -0.3 is 15.1 Å². The summed E-state index contributed by atoms with van der Waals surface area (Å²) >= 11 is 0. The molecule has 2 aliphatic rings. The highest BCUT2D eigenvalue weighted by molar-refractivity contribution is 5.56. The van der Waals surface area contributed by atoms with Crippen LogP contribution in [0.25, 0.3) is 0 Å². The van der Waals surface area contributed by atoms with E-state index in [0.29, 0.717) is 6.54 Å². The van der Waals surface area contributed by atoms with Crippen molar-refractivity contribution in [3.8, 4) is 0 Å². The third kappa shape index (κ3) is 2.63. The average molecular weight is 261 g/mol. The van der Waals surface area contributed by atoms with E-state index in [4.69, 9.17) is 0 Å². The highest BCUT2D eigenvalue weighted by Gasteiger charge is 2.33. The van der Waals surface area contributed by atoms with Crippen LogP contribution >= 0.6 is 0 Å². The summed E-state index contributed by atoms with van der Waals surface area (Å²) in [7, 11) is 0. The molecule has 0 spiro atoms. The predicted octanol–water partition coefficient (Wildman–Crippen LogP) is 2.63. The summed E-state index contributed by atoms with van der Waals surface area (Å²) in [5, 5.41) is 20.8. The Balaban J connectivity index is 1.80. The van der Waals surface area contributed by atoms with Gasteiger partial charge in [0.05, 0.1) is 11.7 Å². The standard InChI is InChI=1S/C16H23NO2/c18-15-8-11-17(14-7-3-2-6-13(14)15)12-16(19)9-4-1-5-10-16/h2-3,6-7,15,18-19H,1,4-5,8-12H2. The van der Waals surface area contributed by atoms with E-state index in [-0.39, 0.29) is 6.10 Å². The van der Waals surface area contributed by atoms with Crippen LogP contribution in [0.1, 0.15) is 50.2 Å². The number of hydrogen-bond acceptors (Lipinski definition) is 3. The Hall–Kier alpha value is -1.06. The van der Waals surface area contributed by atoms with Crippen LogP contribution in [0, 0.1) is 0 Å². The third-order valence-electron chi connectivity index (χ3n) is 4.58. The van der Waals surface area contributed by atoms with Gasteiger partial charge in [-0.25, -0.2) is 0 Å². The minimum absolute atomic E-state index is 0.353. The predicted molar refractivity (Wildman–Crippen MR) is 76.3 cm³/mol. The van der Waals surface area contributed by atoms with Gasteiger partial charge in [0.25, 0.3) is 0 Å². The summed E-state index contributed by atoms with van der Waals surface area (Å²) in [6.07, 6.45) is 5.74. The van der Waals surface area contributed by atoms with E-state index in [1.165, 1.54) is 6.42 Å². The molecule has 3 heteroatoms. The van der Waals surface area contributed by atoms with Gasteiger partial charge in [0, 0.05) is 24.3 Å². The van der Waals surface area contributed by atoms with E-state index in [0.717, 1.165) is 49.9 Å². The first-order valence-corrected chi connectivity index (χ1v) is 7.42. The molecule has 0 radical (unpaired) electrons. The second-order valence-corrected chi connectivity index (χ2v) is 6.07. The topological polar surface area (TPSA) is 43.7 Å². The van der Waals surface area contributed by atoms with Crippen LogP contribution in [0.15, 0.2) is 24.3 Å². The Kier molecular flexibility index (Phi) is 3.50. The van der Waals surface area contributed by atoms with Crippen molar-refractivity contribution in [1.29, 1.82) is 0 Å². The van der Waals surface area contributed by atoms with E-state index >= 15 is 0 Å². The molecule has 19 heavy (non-hydrogen) atoms. The molecule has 3 nitrogen and oxygen atoms in total. The van der Waals surface area contributed by atoms with Crippen LogP contribution in [0.2, 0.25) is 0 Å². The molecule has 1 aliphatic heterocycles. The van der Waals surface area contributed by atoms with E-state index < -0.39 is 5.60 Å². The second kappa shape index (κ2) is 5.14. The minimum atomic E-state index is -0.534. The zero-order valence-electron chi connectivity index (χ0n) is 11.4. The summed E-state index contributed by atoms with van der Waals surface area (Å²) in [5.41, 5.74) is 1.57. The highest BCUT2D eigenvalue weighted by Crippen LogP contribution is 2.36. The van der Waals surface area contributed by atoms with Crippen LogP contribution in [0.3, 0.4) is 0 Å². The number of para-hydroxylation sites is 1. The first-order valence-electron chi connectivity index (χ1n) is 7.42. The SMILES string of the molecule is OC1CCN(CC2(O)CCCCC2)c2ccccc21. The molecular formula is C16H23NO2. The number of nitrogens with zero attached hydrogens (tertiary/aromatic N) is 1. The molecule has 104 valence electrons. The second-order valence-electron chi connectivity index (χ2n) is 6.07. The number of rotatable bonds is 2. The van der Waals surface area contributed by atoms with Gasteiger partial charge in [-0.1, -0.05) is 37.5 Å². The summed E-state index contributed by atoms with van der Waals surface area (Å²) in [6.45, 7) is 1.54. The van der Waals surface area contributed by atoms with Crippen molar-refractivity contribution in [1.82, 2.24) is 0 Å². The monoisotopic (exact) mass is 261 g/mol. The maximum absolute atomic E-state index is 10.7. The zero-order valence-corrected chi connectivity index (χ0v) is 11.4. The van der Waals surface area contributed by atoms with Crippen LogP contribution in [-0.4, -0.2) is 28.9 Å². The Morgan fingerprint density at radius 3 is 2.68 bits per heavy atom. The molecule has 3 rings (SSSR count). The average Bonchev–Trinajstić information content (AvgIpc) is 2.43. The Morgan fingerprint density at radius 2 is 1.89 bits per heavy atom. The normalized spacial score (nSPS) is 26.0. The molecule has 0 bridgehead atoms. The van der Waals surface area contributed by atoms with Gasteiger partial charge in [0.15, 0.2) is 0 Å². The Labute approximate surface area is 114 Å². The number of β-amino-alcohol motifs (C(OH)–C–C–N with tert-alkyl or cyclic N) is 1. The van der Waals surface area contributed by atoms with Gasteiger partial charge in [0.1, 0.15) is 0 Å². The fourth-order valence-electron chi connectivity index (χ4n) is 3.50. The molecule has 2 N–H and O–H groups in total. The Morgan fingerprint density at radius 1 is 1.16 bits per heavy atom. The third-order valence-corrected chi connectivity index (χ3v) is 4.58. The number of aliphatic hydroxyl groups excluding tert-OH is 1. The fraction of sp³-hybridized carbons (Fsp3) is 0.625. The molecule has 1 fully saturated rings. The van der Waals surface area contributed by atoms with Crippen molar-refractivity contribution in [2.24, 2.45) is 0 Å². The van der Waals surface area contributed by atoms with Crippen molar-refractivity contribution in [3.05, 3.63) is 29.8 Å². The summed E-state index contributed by atoms with van der Waals surface area (Å²) in [6, 6.07) is 8.04. The quantitative estimate of drug-likeness (QED) is 0.860. The molecule has 1 heterocycles. The van der Waals surface area contributed by atoms with E-state index in [2.05, 4.69) is 11.0 Å². The largest absolute Gasteiger partial charge is 0.388 e. The van der Waals surface area contributed by atoms with Gasteiger partial charge in [-0.15, -0.1) is 0 Å². The van der Waals surface area contributed by atoms with Crippen molar-refractivity contribution in [2.75, 3.05) is 18.0 Å². The number of aliphatic hydroxyl groups is 2. The van der Waals surface area contributed by atoms with E-state index in [1.54, 1.807) is 0 Å². The molecular weight excluding hydrogens is 238 g/mol. The summed E-state index contributed by atoms with van der Waals surface area (Å²) < 4.78 is 0. The molecule has 0 amide bonds. The number of hydrogen-bond donors (Lipinski definition) is 2. The fourth-order valence-corrected chi connectivity index (χ4v) is 3.50. The summed E-state index contributed by atoms with van der Waals surface area (Å²) in [5.74, 6) is 0. The van der Waals surface area contributed by atoms with Crippen molar-refractivity contribution in [2.45, 2.75) is 50.2 Å². The van der Waals surface area contributed by atoms with Crippen molar-refractivity contribution >= 4 is 5.69 Å². The molecule has 1 atom stereocenters. The van der Waals surface area contributed by atoms with Gasteiger partial charge in [-0.3, -0.25) is 0 Å². The number of fused-ring (bicyclic) bond motifs is 1. The lowest BCUT2D eigenvalue weighted by Gasteiger charge is -2.41. The smallest absolute Gasteiger partial charge is 0.0826 e. The molecule has 0 aromatic heterocycles. The molecule has 1 aromatic carbocycles. The van der Waals surface area contributed by atoms with Gasteiger partial charge >= 0.3 is 0 Å². The lowest BCUT2D eigenvalue weighted by Crippen LogP contribution is -2.46. The van der Waals surface area contributed by atoms with Crippen molar-refractivity contribution < 1.29 is 10.2 Å². The van der Waals surface area contributed by atoms with Crippen LogP contribution in [-0.2, 0) is 0 Å². The lowest BCUT2D eigenvalue weighted by atomic mass is 9.84. The summed E-state index contributed by atoms with van der Waals surface area (Å²) in [4.78, 5) is 2.26. The van der Waals surface area contributed by atoms with Gasteiger partial charge in [0.2, 0.25) is 0 Å². The lowest BCUT2D eigenvalue weighted by molar-refractivity contribution is 0.00978. The van der Waals surface area contributed by atoms with Crippen LogP contribution in [0.5, 0.6) is 0 Å². The minimum Gasteiger partial charge on any atom is -0.388 e. The molecule has 1 unspecified atom stereocenters. The maximum Gasteiger partial charge on any atom is 0.0826 e. The van der Waals surface area contributed by atoms with E-state index in [9.17, 15) is 10.2 Å². The molecule has 0 saturated heterocycles. The Bertz CT molecular complexity index is 440. The van der Waals surface area contributed by atoms with Crippen molar-refractivity contribution in [3.63, 3.8) is 0 Å². The maximum atomic E-state index is 10.7.